The molecule has 118 valence electrons. The van der Waals surface area contributed by atoms with Crippen molar-refractivity contribution in [3.63, 3.8) is 0 Å². The van der Waals surface area contributed by atoms with Crippen LogP contribution in [0.1, 0.15) is 36.9 Å². The summed E-state index contributed by atoms with van der Waals surface area (Å²) in [6, 6.07) is 5.25. The molecule has 1 aliphatic heterocycles. The van der Waals surface area contributed by atoms with E-state index in [0.717, 1.165) is 37.1 Å². The van der Waals surface area contributed by atoms with Crippen LogP contribution in [0.2, 0.25) is 0 Å². The van der Waals surface area contributed by atoms with Gasteiger partial charge in [-0.25, -0.2) is 0 Å². The highest BCUT2D eigenvalue weighted by Gasteiger charge is 2.21. The highest BCUT2D eigenvalue weighted by molar-refractivity contribution is 6.20. The molecule has 1 saturated heterocycles. The Morgan fingerprint density at radius 1 is 1.32 bits per heavy atom. The molecule has 0 bridgehead atoms. The lowest BCUT2D eigenvalue weighted by atomic mass is 10.0. The molecule has 1 atom stereocenters. The molecule has 4 nitrogen and oxygen atoms in total. The normalized spacial score (nSPS) is 17.9. The average Bonchev–Trinajstić information content (AvgIpc) is 2.47. The minimum Gasteiger partial charge on any atom is -0.440 e. The van der Waals surface area contributed by atoms with E-state index in [0.29, 0.717) is 16.9 Å². The fourth-order valence-corrected chi connectivity index (χ4v) is 3.18. The molecule has 1 fully saturated rings. The van der Waals surface area contributed by atoms with Gasteiger partial charge >= 0.3 is 0 Å². The number of nitrogens with two attached hydrogens (primary N) is 1. The third-order valence-corrected chi connectivity index (χ3v) is 4.65. The molecule has 2 aromatic rings. The van der Waals surface area contributed by atoms with Crippen molar-refractivity contribution in [1.82, 2.24) is 0 Å². The van der Waals surface area contributed by atoms with E-state index in [9.17, 15) is 4.79 Å². The molecule has 1 aromatic carbocycles. The van der Waals surface area contributed by atoms with E-state index in [1.54, 1.807) is 6.07 Å². The van der Waals surface area contributed by atoms with Gasteiger partial charge in [0.2, 0.25) is 0 Å². The second-order valence-electron chi connectivity index (χ2n) is 6.13. The van der Waals surface area contributed by atoms with Crippen molar-refractivity contribution in [2.45, 2.75) is 38.1 Å². The molecule has 1 aromatic heterocycles. The number of hydrogen-bond acceptors (Lipinski definition) is 4. The molecule has 0 saturated carbocycles. The highest BCUT2D eigenvalue weighted by Crippen LogP contribution is 2.28. The Hall–Kier alpha value is -1.52. The van der Waals surface area contributed by atoms with Gasteiger partial charge in [0, 0.05) is 36.1 Å². The Morgan fingerprint density at radius 3 is 2.64 bits per heavy atom. The first-order valence-electron chi connectivity index (χ1n) is 7.68. The SMILES string of the molecule is Cc1cc([C@@H](C)N)c2oc(N3CCC(Cl)CC3)cc(=O)c2c1. The maximum absolute atomic E-state index is 12.5. The Balaban J connectivity index is 2.13. The molecule has 2 heterocycles. The quantitative estimate of drug-likeness (QED) is 0.862. The number of hydrogen-bond donors (Lipinski definition) is 1. The van der Waals surface area contributed by atoms with Crippen LogP contribution in [0.25, 0.3) is 11.0 Å². The Bertz CT molecular complexity index is 746. The van der Waals surface area contributed by atoms with Gasteiger partial charge in [-0.3, -0.25) is 4.79 Å². The number of nitrogens with zero attached hydrogens (tertiary/aromatic N) is 1. The van der Waals surface area contributed by atoms with Crippen LogP contribution in [0.4, 0.5) is 5.88 Å². The number of piperidine rings is 1. The number of aryl methyl sites for hydroxylation is 1. The Labute approximate surface area is 134 Å². The number of halogens is 1. The predicted molar refractivity (Wildman–Crippen MR) is 90.9 cm³/mol. The van der Waals surface area contributed by atoms with Gasteiger partial charge in [0.1, 0.15) is 5.58 Å². The van der Waals surface area contributed by atoms with Gasteiger partial charge in [0.05, 0.1) is 5.39 Å². The van der Waals surface area contributed by atoms with Crippen LogP contribution in [0, 0.1) is 6.92 Å². The summed E-state index contributed by atoms with van der Waals surface area (Å²) in [4.78, 5) is 14.6. The molecular weight excluding hydrogens is 300 g/mol. The van der Waals surface area contributed by atoms with Crippen molar-refractivity contribution in [2.75, 3.05) is 18.0 Å². The van der Waals surface area contributed by atoms with Gasteiger partial charge in [-0.1, -0.05) is 6.07 Å². The number of benzene rings is 1. The molecular formula is C17H21ClN2O2. The molecule has 2 N–H and O–H groups in total. The summed E-state index contributed by atoms with van der Waals surface area (Å²) >= 11 is 6.14. The predicted octanol–water partition coefficient (Wildman–Crippen LogP) is 3.33. The van der Waals surface area contributed by atoms with E-state index in [1.807, 2.05) is 26.0 Å². The Kier molecular flexibility index (Phi) is 4.15. The summed E-state index contributed by atoms with van der Waals surface area (Å²) in [6.45, 7) is 5.48. The second-order valence-corrected chi connectivity index (χ2v) is 6.75. The molecule has 0 amide bonds. The zero-order valence-electron chi connectivity index (χ0n) is 12.9. The van der Waals surface area contributed by atoms with Gasteiger partial charge in [0.15, 0.2) is 11.3 Å². The lowest BCUT2D eigenvalue weighted by Gasteiger charge is -2.29. The maximum atomic E-state index is 12.5. The van der Waals surface area contributed by atoms with Crippen LogP contribution >= 0.6 is 11.6 Å². The van der Waals surface area contributed by atoms with E-state index in [-0.39, 0.29) is 16.8 Å². The highest BCUT2D eigenvalue weighted by atomic mass is 35.5. The maximum Gasteiger partial charge on any atom is 0.200 e. The summed E-state index contributed by atoms with van der Waals surface area (Å²) in [7, 11) is 0. The summed E-state index contributed by atoms with van der Waals surface area (Å²) in [6.07, 6.45) is 1.80. The van der Waals surface area contributed by atoms with Gasteiger partial charge in [-0.05, 0) is 38.3 Å². The molecule has 0 unspecified atom stereocenters. The third kappa shape index (κ3) is 2.85. The summed E-state index contributed by atoms with van der Waals surface area (Å²) in [5.41, 5.74) is 8.53. The molecule has 0 aliphatic carbocycles. The van der Waals surface area contributed by atoms with Crippen molar-refractivity contribution < 1.29 is 4.42 Å². The summed E-state index contributed by atoms with van der Waals surface area (Å²) < 4.78 is 6.07. The standard InChI is InChI=1S/C17H21ClN2O2/c1-10-7-13(11(2)19)17-14(8-10)15(21)9-16(22-17)20-5-3-12(18)4-6-20/h7-9,11-12H,3-6,19H2,1-2H3/t11-/m1/s1. The lowest BCUT2D eigenvalue weighted by Crippen LogP contribution is -2.34. The molecule has 22 heavy (non-hydrogen) atoms. The van der Waals surface area contributed by atoms with Gasteiger partial charge in [-0.2, -0.15) is 0 Å². The average molecular weight is 321 g/mol. The first kappa shape index (κ1) is 15.4. The van der Waals surface area contributed by atoms with E-state index in [1.165, 1.54) is 0 Å². The van der Waals surface area contributed by atoms with Crippen LogP contribution in [0.15, 0.2) is 27.4 Å². The fraction of sp³-hybridized carbons (Fsp3) is 0.471. The topological polar surface area (TPSA) is 59.5 Å². The van der Waals surface area contributed by atoms with Crippen LogP contribution in [0.5, 0.6) is 0 Å². The number of rotatable bonds is 2. The van der Waals surface area contributed by atoms with Crippen LogP contribution in [0.3, 0.4) is 0 Å². The molecule has 0 radical (unpaired) electrons. The van der Waals surface area contributed by atoms with E-state index in [4.69, 9.17) is 21.8 Å². The zero-order valence-corrected chi connectivity index (χ0v) is 13.7. The van der Waals surface area contributed by atoms with Crippen molar-refractivity contribution in [3.8, 4) is 0 Å². The van der Waals surface area contributed by atoms with Crippen LogP contribution in [-0.2, 0) is 0 Å². The van der Waals surface area contributed by atoms with E-state index in [2.05, 4.69) is 4.90 Å². The molecule has 0 spiro atoms. The smallest absolute Gasteiger partial charge is 0.200 e. The minimum absolute atomic E-state index is 0.0187. The van der Waals surface area contributed by atoms with Gasteiger partial charge < -0.3 is 15.1 Å². The lowest BCUT2D eigenvalue weighted by molar-refractivity contribution is 0.513. The summed E-state index contributed by atoms with van der Waals surface area (Å²) in [5, 5.41) is 0.814. The van der Waals surface area contributed by atoms with Crippen LogP contribution in [-0.4, -0.2) is 18.5 Å². The van der Waals surface area contributed by atoms with Crippen molar-refractivity contribution in [3.05, 3.63) is 39.5 Å². The monoisotopic (exact) mass is 320 g/mol. The fourth-order valence-electron chi connectivity index (χ4n) is 2.98. The molecule has 3 rings (SSSR count). The first-order valence-corrected chi connectivity index (χ1v) is 8.12. The van der Waals surface area contributed by atoms with E-state index >= 15 is 0 Å². The van der Waals surface area contributed by atoms with Gasteiger partial charge in [0.25, 0.3) is 0 Å². The van der Waals surface area contributed by atoms with Crippen molar-refractivity contribution in [1.29, 1.82) is 0 Å². The van der Waals surface area contributed by atoms with Crippen LogP contribution < -0.4 is 16.1 Å². The zero-order chi connectivity index (χ0) is 15.9. The van der Waals surface area contributed by atoms with E-state index < -0.39 is 0 Å². The minimum atomic E-state index is -0.186. The Morgan fingerprint density at radius 2 is 2.00 bits per heavy atom. The molecule has 1 aliphatic rings. The van der Waals surface area contributed by atoms with Crippen molar-refractivity contribution in [2.24, 2.45) is 5.73 Å². The summed E-state index contributed by atoms with van der Waals surface area (Å²) in [5.74, 6) is 0.617. The van der Waals surface area contributed by atoms with Gasteiger partial charge in [-0.15, -0.1) is 11.6 Å². The van der Waals surface area contributed by atoms with Crippen molar-refractivity contribution >= 4 is 28.5 Å². The first-order chi connectivity index (χ1) is 10.5. The molecule has 5 heteroatoms. The number of alkyl halides is 1. The number of fused-ring (bicyclic) bond motifs is 1. The number of anilines is 1. The second kappa shape index (κ2) is 5.94. The third-order valence-electron chi connectivity index (χ3n) is 4.22. The largest absolute Gasteiger partial charge is 0.440 e.